The summed E-state index contributed by atoms with van der Waals surface area (Å²) in [6.45, 7) is 0.281. The number of allylic oxidation sites excluding steroid dienone is 1. The molecule has 2 aromatic rings. The maximum atomic E-state index is 13.0. The molecule has 19 heavy (non-hydrogen) atoms. The van der Waals surface area contributed by atoms with Crippen LogP contribution in [0, 0.1) is 5.82 Å². The second-order valence-electron chi connectivity index (χ2n) is 3.95. The highest BCUT2D eigenvalue weighted by molar-refractivity contribution is 5.75. The van der Waals surface area contributed by atoms with Crippen LogP contribution in [0.5, 0.6) is 5.75 Å². The van der Waals surface area contributed by atoms with Gasteiger partial charge in [0.15, 0.2) is 0 Å². The van der Waals surface area contributed by atoms with E-state index in [0.717, 1.165) is 11.1 Å². The fourth-order valence-electron chi connectivity index (χ4n) is 1.68. The lowest BCUT2D eigenvalue weighted by Crippen LogP contribution is -1.97. The quantitative estimate of drug-likeness (QED) is 0.603. The van der Waals surface area contributed by atoms with Gasteiger partial charge in [0.1, 0.15) is 24.5 Å². The van der Waals surface area contributed by atoms with Crippen LogP contribution >= 0.6 is 0 Å². The van der Waals surface area contributed by atoms with Crippen LogP contribution in [0.3, 0.4) is 0 Å². The highest BCUT2D eigenvalue weighted by atomic mass is 19.1. The monoisotopic (exact) mass is 256 g/mol. The van der Waals surface area contributed by atoms with Crippen molar-refractivity contribution in [3.63, 3.8) is 0 Å². The van der Waals surface area contributed by atoms with Gasteiger partial charge in [0.25, 0.3) is 0 Å². The van der Waals surface area contributed by atoms with E-state index in [0.29, 0.717) is 12.0 Å². The Kier molecular flexibility index (Phi) is 4.45. The van der Waals surface area contributed by atoms with Crippen LogP contribution in [0.25, 0.3) is 6.08 Å². The van der Waals surface area contributed by atoms with E-state index in [2.05, 4.69) is 0 Å². The Morgan fingerprint density at radius 2 is 1.95 bits per heavy atom. The summed E-state index contributed by atoms with van der Waals surface area (Å²) in [6, 6.07) is 13.6. The second kappa shape index (κ2) is 6.50. The number of rotatable bonds is 5. The van der Waals surface area contributed by atoms with Crippen molar-refractivity contribution < 1.29 is 13.9 Å². The maximum absolute atomic E-state index is 13.0. The minimum Gasteiger partial charge on any atom is -0.488 e. The predicted octanol–water partition coefficient (Wildman–Crippen LogP) is 3.62. The fraction of sp³-hybridized carbons (Fsp3) is 0.0625. The van der Waals surface area contributed by atoms with E-state index >= 15 is 0 Å². The molecule has 0 spiro atoms. The van der Waals surface area contributed by atoms with E-state index in [9.17, 15) is 9.18 Å². The van der Waals surface area contributed by atoms with Crippen LogP contribution in [-0.2, 0) is 11.4 Å². The molecule has 0 aliphatic carbocycles. The van der Waals surface area contributed by atoms with Crippen molar-refractivity contribution in [3.05, 3.63) is 71.6 Å². The van der Waals surface area contributed by atoms with Gasteiger partial charge in [0.05, 0.1) is 0 Å². The number of para-hydroxylation sites is 1. The van der Waals surface area contributed by atoms with Crippen molar-refractivity contribution in [1.82, 2.24) is 0 Å². The average Bonchev–Trinajstić information content (AvgIpc) is 2.44. The molecule has 0 bridgehead atoms. The molecule has 0 aromatic heterocycles. The predicted molar refractivity (Wildman–Crippen MR) is 72.3 cm³/mol. The lowest BCUT2D eigenvalue weighted by molar-refractivity contribution is -0.104. The van der Waals surface area contributed by atoms with Gasteiger partial charge in [-0.1, -0.05) is 30.3 Å². The number of carbonyl (C=O) groups excluding carboxylic acids is 1. The van der Waals surface area contributed by atoms with Crippen molar-refractivity contribution in [3.8, 4) is 5.75 Å². The standard InChI is InChI=1S/C16H13FO2/c17-15-8-3-5-13(11-15)12-19-16-9-2-1-6-14(16)7-4-10-18/h1-11H,12H2/b7-4+. The molecule has 0 amide bonds. The first-order valence-electron chi connectivity index (χ1n) is 5.88. The van der Waals surface area contributed by atoms with Gasteiger partial charge in [0.2, 0.25) is 0 Å². The number of carbonyl (C=O) groups is 1. The van der Waals surface area contributed by atoms with Gasteiger partial charge in [-0.25, -0.2) is 4.39 Å². The van der Waals surface area contributed by atoms with Crippen molar-refractivity contribution in [1.29, 1.82) is 0 Å². The summed E-state index contributed by atoms with van der Waals surface area (Å²) in [5, 5.41) is 0. The van der Waals surface area contributed by atoms with Crippen LogP contribution in [-0.4, -0.2) is 6.29 Å². The molecule has 2 rings (SSSR count). The lowest BCUT2D eigenvalue weighted by atomic mass is 10.2. The molecule has 0 saturated carbocycles. The zero-order chi connectivity index (χ0) is 13.5. The number of hydrogen-bond acceptors (Lipinski definition) is 2. The number of ether oxygens (including phenoxy) is 1. The molecule has 0 fully saturated rings. The fourth-order valence-corrected chi connectivity index (χ4v) is 1.68. The number of halogens is 1. The SMILES string of the molecule is O=C/C=C/c1ccccc1OCc1cccc(F)c1. The highest BCUT2D eigenvalue weighted by Gasteiger charge is 2.01. The van der Waals surface area contributed by atoms with Gasteiger partial charge in [-0.15, -0.1) is 0 Å². The van der Waals surface area contributed by atoms with Gasteiger partial charge in [0, 0.05) is 5.56 Å². The highest BCUT2D eigenvalue weighted by Crippen LogP contribution is 2.20. The average molecular weight is 256 g/mol. The zero-order valence-electron chi connectivity index (χ0n) is 10.3. The van der Waals surface area contributed by atoms with Crippen LogP contribution in [0.4, 0.5) is 4.39 Å². The molecule has 3 heteroatoms. The minimum atomic E-state index is -0.282. The van der Waals surface area contributed by atoms with E-state index in [1.54, 1.807) is 18.2 Å². The smallest absolute Gasteiger partial charge is 0.142 e. The normalized spacial score (nSPS) is 10.6. The Hall–Kier alpha value is -2.42. The number of benzene rings is 2. The van der Waals surface area contributed by atoms with Gasteiger partial charge in [-0.05, 0) is 35.9 Å². The molecule has 0 heterocycles. The van der Waals surface area contributed by atoms with Gasteiger partial charge in [-0.2, -0.15) is 0 Å². The lowest BCUT2D eigenvalue weighted by Gasteiger charge is -2.09. The molecule has 2 nitrogen and oxygen atoms in total. The van der Waals surface area contributed by atoms with Crippen molar-refractivity contribution >= 4 is 12.4 Å². The first-order valence-corrected chi connectivity index (χ1v) is 5.88. The summed E-state index contributed by atoms with van der Waals surface area (Å²) in [5.41, 5.74) is 1.57. The Morgan fingerprint density at radius 3 is 2.74 bits per heavy atom. The van der Waals surface area contributed by atoms with E-state index < -0.39 is 0 Å². The van der Waals surface area contributed by atoms with Crippen molar-refractivity contribution in [2.45, 2.75) is 6.61 Å². The molecule has 0 saturated heterocycles. The van der Waals surface area contributed by atoms with Gasteiger partial charge in [-0.3, -0.25) is 4.79 Å². The maximum Gasteiger partial charge on any atom is 0.142 e. The summed E-state index contributed by atoms with van der Waals surface area (Å²) in [4.78, 5) is 10.3. The van der Waals surface area contributed by atoms with Crippen LogP contribution in [0.15, 0.2) is 54.6 Å². The van der Waals surface area contributed by atoms with Crippen LogP contribution in [0.2, 0.25) is 0 Å². The third-order valence-electron chi connectivity index (χ3n) is 2.56. The second-order valence-corrected chi connectivity index (χ2v) is 3.95. The Labute approximate surface area is 111 Å². The molecule has 0 aliphatic rings. The third-order valence-corrected chi connectivity index (χ3v) is 2.56. The van der Waals surface area contributed by atoms with Crippen molar-refractivity contribution in [2.24, 2.45) is 0 Å². The summed E-state index contributed by atoms with van der Waals surface area (Å²) in [7, 11) is 0. The molecule has 96 valence electrons. The Balaban J connectivity index is 2.11. The topological polar surface area (TPSA) is 26.3 Å². The Bertz CT molecular complexity index is 591. The molecule has 0 radical (unpaired) electrons. The first kappa shape index (κ1) is 13.0. The molecule has 2 aromatic carbocycles. The van der Waals surface area contributed by atoms with E-state index in [1.165, 1.54) is 18.2 Å². The minimum absolute atomic E-state index is 0.281. The first-order chi connectivity index (χ1) is 9.29. The summed E-state index contributed by atoms with van der Waals surface area (Å²) < 4.78 is 18.7. The third kappa shape index (κ3) is 3.78. The summed E-state index contributed by atoms with van der Waals surface area (Å²) in [6.07, 6.45) is 3.79. The molecular weight excluding hydrogens is 243 g/mol. The summed E-state index contributed by atoms with van der Waals surface area (Å²) in [5.74, 6) is 0.375. The zero-order valence-corrected chi connectivity index (χ0v) is 10.3. The molecule has 0 atom stereocenters. The largest absolute Gasteiger partial charge is 0.488 e. The Morgan fingerprint density at radius 1 is 1.11 bits per heavy atom. The van der Waals surface area contributed by atoms with E-state index in [1.807, 2.05) is 24.3 Å². The van der Waals surface area contributed by atoms with E-state index in [4.69, 9.17) is 4.74 Å². The molecule has 0 aliphatic heterocycles. The molecular formula is C16H13FO2. The number of hydrogen-bond donors (Lipinski definition) is 0. The van der Waals surface area contributed by atoms with Crippen molar-refractivity contribution in [2.75, 3.05) is 0 Å². The number of aldehydes is 1. The van der Waals surface area contributed by atoms with Gasteiger partial charge >= 0.3 is 0 Å². The van der Waals surface area contributed by atoms with Crippen LogP contribution in [0.1, 0.15) is 11.1 Å². The van der Waals surface area contributed by atoms with Gasteiger partial charge < -0.3 is 4.74 Å². The van der Waals surface area contributed by atoms with E-state index in [-0.39, 0.29) is 12.4 Å². The summed E-state index contributed by atoms with van der Waals surface area (Å²) >= 11 is 0. The molecule has 0 unspecified atom stereocenters. The molecule has 0 N–H and O–H groups in total. The van der Waals surface area contributed by atoms with Crippen LogP contribution < -0.4 is 4.74 Å².